The highest BCUT2D eigenvalue weighted by Gasteiger charge is 2.07. The van der Waals surface area contributed by atoms with Gasteiger partial charge in [-0.25, -0.2) is 0 Å². The molecule has 1 heterocycles. The van der Waals surface area contributed by atoms with Crippen molar-refractivity contribution in [2.75, 3.05) is 5.43 Å². The Labute approximate surface area is 97.7 Å². The number of hydrogen-bond acceptors (Lipinski definition) is 3. The van der Waals surface area contributed by atoms with Crippen molar-refractivity contribution < 1.29 is 10.2 Å². The van der Waals surface area contributed by atoms with E-state index in [0.29, 0.717) is 10.7 Å². The Kier molecular flexibility index (Phi) is 2.66. The van der Waals surface area contributed by atoms with Crippen LogP contribution in [-0.2, 0) is 0 Å². The minimum atomic E-state index is -0.0879. The van der Waals surface area contributed by atoms with E-state index < -0.39 is 0 Å². The second kappa shape index (κ2) is 3.98. The van der Waals surface area contributed by atoms with E-state index in [1.54, 1.807) is 6.07 Å². The largest absolute Gasteiger partial charge is 0.493 e. The first-order chi connectivity index (χ1) is 7.58. The van der Waals surface area contributed by atoms with Crippen molar-refractivity contribution in [1.82, 2.24) is 4.68 Å². The van der Waals surface area contributed by atoms with Gasteiger partial charge in [0.1, 0.15) is 0 Å². The molecule has 0 unspecified atom stereocenters. The Morgan fingerprint density at radius 3 is 2.38 bits per heavy atom. The molecule has 2 aromatic rings. The Bertz CT molecular complexity index is 503. The Hall–Kier alpha value is -1.81. The van der Waals surface area contributed by atoms with E-state index in [2.05, 4.69) is 5.43 Å². The summed E-state index contributed by atoms with van der Waals surface area (Å²) in [5, 5.41) is 19.4. The maximum atomic E-state index is 9.45. The molecule has 84 valence electrons. The molecule has 4 nitrogen and oxygen atoms in total. The van der Waals surface area contributed by atoms with Crippen LogP contribution in [0.5, 0.6) is 11.8 Å². The Morgan fingerprint density at radius 1 is 1.12 bits per heavy atom. The summed E-state index contributed by atoms with van der Waals surface area (Å²) < 4.78 is 1.14. The van der Waals surface area contributed by atoms with Crippen LogP contribution in [0.2, 0.25) is 5.02 Å². The van der Waals surface area contributed by atoms with Crippen LogP contribution in [0.4, 0.5) is 5.69 Å². The molecule has 0 amide bonds. The zero-order valence-electron chi connectivity index (χ0n) is 8.61. The average molecular weight is 239 g/mol. The number of nitrogens with one attached hydrogen (secondary N) is 1. The van der Waals surface area contributed by atoms with E-state index in [4.69, 9.17) is 11.6 Å². The molecular formula is C11H11ClN2O2. The lowest BCUT2D eigenvalue weighted by Gasteiger charge is -2.12. The summed E-state index contributed by atoms with van der Waals surface area (Å²) in [5.41, 5.74) is 4.45. The zero-order chi connectivity index (χ0) is 11.7. The third kappa shape index (κ3) is 1.92. The first kappa shape index (κ1) is 10.7. The highest BCUT2D eigenvalue weighted by Crippen LogP contribution is 2.26. The number of aryl methyl sites for hydroxylation is 1. The monoisotopic (exact) mass is 238 g/mol. The number of nitrogens with zero attached hydrogens (tertiary/aromatic N) is 1. The minimum Gasteiger partial charge on any atom is -0.493 e. The molecule has 0 radical (unpaired) electrons. The molecular weight excluding hydrogens is 228 g/mol. The van der Waals surface area contributed by atoms with Gasteiger partial charge in [-0.3, -0.25) is 5.43 Å². The van der Waals surface area contributed by atoms with Crippen LogP contribution < -0.4 is 5.43 Å². The van der Waals surface area contributed by atoms with Gasteiger partial charge in [0.15, 0.2) is 0 Å². The van der Waals surface area contributed by atoms with Crippen LogP contribution in [0.25, 0.3) is 0 Å². The minimum absolute atomic E-state index is 0.0879. The predicted molar refractivity (Wildman–Crippen MR) is 63.0 cm³/mol. The summed E-state index contributed by atoms with van der Waals surface area (Å²) in [6.45, 7) is 1.93. The predicted octanol–water partition coefficient (Wildman–Crippen LogP) is 2.74. The first-order valence-corrected chi connectivity index (χ1v) is 5.08. The molecule has 5 heteroatoms. The summed E-state index contributed by atoms with van der Waals surface area (Å²) in [4.78, 5) is 0. The van der Waals surface area contributed by atoms with E-state index in [-0.39, 0.29) is 11.8 Å². The molecule has 0 aliphatic heterocycles. The van der Waals surface area contributed by atoms with Crippen molar-refractivity contribution in [2.45, 2.75) is 6.92 Å². The molecule has 0 aliphatic rings. The van der Waals surface area contributed by atoms with Gasteiger partial charge in [-0.1, -0.05) is 17.7 Å². The molecule has 0 saturated carbocycles. The van der Waals surface area contributed by atoms with Gasteiger partial charge in [0.2, 0.25) is 11.8 Å². The lowest BCUT2D eigenvalue weighted by atomic mass is 10.2. The lowest BCUT2D eigenvalue weighted by Crippen LogP contribution is -2.08. The SMILES string of the molecule is Cc1ccc(Cl)c(Nn2c(O)ccc2O)c1. The van der Waals surface area contributed by atoms with E-state index >= 15 is 0 Å². The fourth-order valence-electron chi connectivity index (χ4n) is 1.38. The van der Waals surface area contributed by atoms with Gasteiger partial charge in [-0.2, -0.15) is 4.68 Å². The van der Waals surface area contributed by atoms with Gasteiger partial charge in [0.05, 0.1) is 10.7 Å². The number of anilines is 1. The zero-order valence-corrected chi connectivity index (χ0v) is 9.36. The number of aromatic hydroxyl groups is 2. The van der Waals surface area contributed by atoms with Crippen molar-refractivity contribution in [3.05, 3.63) is 40.9 Å². The summed E-state index contributed by atoms with van der Waals surface area (Å²) in [6.07, 6.45) is 0. The van der Waals surface area contributed by atoms with Crippen molar-refractivity contribution in [2.24, 2.45) is 0 Å². The fourth-order valence-corrected chi connectivity index (χ4v) is 1.54. The smallest absolute Gasteiger partial charge is 0.213 e. The van der Waals surface area contributed by atoms with Gasteiger partial charge < -0.3 is 10.2 Å². The molecule has 0 fully saturated rings. The Balaban J connectivity index is 2.37. The second-order valence-electron chi connectivity index (χ2n) is 3.48. The van der Waals surface area contributed by atoms with Crippen molar-refractivity contribution in [3.63, 3.8) is 0 Å². The van der Waals surface area contributed by atoms with Gasteiger partial charge in [0, 0.05) is 12.1 Å². The third-order valence-corrected chi connectivity index (χ3v) is 2.52. The summed E-state index contributed by atoms with van der Waals surface area (Å²) in [7, 11) is 0. The third-order valence-electron chi connectivity index (χ3n) is 2.19. The summed E-state index contributed by atoms with van der Waals surface area (Å²) >= 11 is 5.98. The van der Waals surface area contributed by atoms with Crippen LogP contribution in [-0.4, -0.2) is 14.9 Å². The highest BCUT2D eigenvalue weighted by atomic mass is 35.5. The molecule has 0 spiro atoms. The molecule has 0 aliphatic carbocycles. The number of rotatable bonds is 2. The van der Waals surface area contributed by atoms with E-state index in [9.17, 15) is 10.2 Å². The average Bonchev–Trinajstić information content (AvgIpc) is 2.55. The molecule has 0 bridgehead atoms. The topological polar surface area (TPSA) is 57.4 Å². The van der Waals surface area contributed by atoms with E-state index in [0.717, 1.165) is 10.2 Å². The van der Waals surface area contributed by atoms with Crippen molar-refractivity contribution in [1.29, 1.82) is 0 Å². The van der Waals surface area contributed by atoms with Crippen LogP contribution in [0, 0.1) is 6.92 Å². The molecule has 1 aromatic carbocycles. The first-order valence-electron chi connectivity index (χ1n) is 4.71. The number of aromatic nitrogens is 1. The fraction of sp³-hybridized carbons (Fsp3) is 0.0909. The Morgan fingerprint density at radius 2 is 1.75 bits per heavy atom. The summed E-state index contributed by atoms with van der Waals surface area (Å²) in [5.74, 6) is -0.176. The molecule has 0 atom stereocenters. The quantitative estimate of drug-likeness (QED) is 0.754. The van der Waals surface area contributed by atoms with Crippen LogP contribution in [0.3, 0.4) is 0 Å². The van der Waals surface area contributed by atoms with Gasteiger partial charge in [-0.15, -0.1) is 0 Å². The second-order valence-corrected chi connectivity index (χ2v) is 3.89. The van der Waals surface area contributed by atoms with Crippen molar-refractivity contribution >= 4 is 17.3 Å². The van der Waals surface area contributed by atoms with Gasteiger partial charge >= 0.3 is 0 Å². The van der Waals surface area contributed by atoms with Crippen molar-refractivity contribution in [3.8, 4) is 11.8 Å². The van der Waals surface area contributed by atoms with Gasteiger partial charge in [0.25, 0.3) is 0 Å². The van der Waals surface area contributed by atoms with Crippen LogP contribution in [0.15, 0.2) is 30.3 Å². The van der Waals surface area contributed by atoms with E-state index in [1.807, 2.05) is 19.1 Å². The van der Waals surface area contributed by atoms with Crippen LogP contribution in [0.1, 0.15) is 5.56 Å². The number of benzene rings is 1. The molecule has 1 aromatic heterocycles. The normalized spacial score (nSPS) is 10.4. The molecule has 3 N–H and O–H groups in total. The molecule has 2 rings (SSSR count). The number of halogens is 1. The maximum absolute atomic E-state index is 9.45. The molecule has 16 heavy (non-hydrogen) atoms. The highest BCUT2D eigenvalue weighted by molar-refractivity contribution is 6.33. The van der Waals surface area contributed by atoms with Crippen LogP contribution >= 0.6 is 11.6 Å². The lowest BCUT2D eigenvalue weighted by molar-refractivity contribution is 0.393. The summed E-state index contributed by atoms with van der Waals surface area (Å²) in [6, 6.07) is 8.21. The standard InChI is InChI=1S/C11H11ClN2O2/c1-7-2-3-8(12)9(6-7)13-14-10(15)4-5-11(14)16/h2-6,13,15-16H,1H3. The molecule has 0 saturated heterocycles. The van der Waals surface area contributed by atoms with Gasteiger partial charge in [-0.05, 0) is 24.6 Å². The van der Waals surface area contributed by atoms with E-state index in [1.165, 1.54) is 12.1 Å². The number of hydrogen-bond donors (Lipinski definition) is 3. The maximum Gasteiger partial charge on any atom is 0.213 e.